The summed E-state index contributed by atoms with van der Waals surface area (Å²) in [5, 5.41) is 2.75. The summed E-state index contributed by atoms with van der Waals surface area (Å²) in [5.41, 5.74) is 1.53. The third-order valence-corrected chi connectivity index (χ3v) is 7.23. The van der Waals surface area contributed by atoms with Gasteiger partial charge in [0.1, 0.15) is 5.75 Å². The van der Waals surface area contributed by atoms with Crippen LogP contribution >= 0.6 is 0 Å². The number of sulfonamides is 1. The Morgan fingerprint density at radius 1 is 1.09 bits per heavy atom. The molecule has 0 aliphatic heterocycles. The molecular weight excluding hydrogens is 432 g/mol. The predicted octanol–water partition coefficient (Wildman–Crippen LogP) is 2.86. The summed E-state index contributed by atoms with van der Waals surface area (Å²) in [5.74, 6) is -0.128. The van der Waals surface area contributed by atoms with E-state index in [0.717, 1.165) is 22.7 Å². The maximum atomic E-state index is 12.3. The summed E-state index contributed by atoms with van der Waals surface area (Å²) in [6.45, 7) is 3.63. The van der Waals surface area contributed by atoms with Crippen LogP contribution in [0.4, 0.5) is 5.69 Å². The molecule has 0 saturated heterocycles. The number of rotatable bonds is 9. The number of ether oxygens (including phenoxy) is 2. The van der Waals surface area contributed by atoms with Crippen LogP contribution in [0.1, 0.15) is 30.9 Å². The van der Waals surface area contributed by atoms with E-state index in [0.29, 0.717) is 23.6 Å². The van der Waals surface area contributed by atoms with E-state index in [4.69, 9.17) is 9.47 Å². The molecule has 0 spiro atoms. The third-order valence-electron chi connectivity index (χ3n) is 5.42. The second kappa shape index (κ2) is 9.30. The Morgan fingerprint density at radius 2 is 1.75 bits per heavy atom. The Labute approximate surface area is 188 Å². The SMILES string of the molecule is CCOC(=O)C1(c2ccc(NC(=O)COc3ccc(S(=O)(=O)N(C)C)cc3C)cc2)CC1. The molecule has 0 bridgehead atoms. The average Bonchev–Trinajstić information content (AvgIpc) is 3.55. The van der Waals surface area contributed by atoms with E-state index in [-0.39, 0.29) is 23.4 Å². The number of hydrogen-bond donors (Lipinski definition) is 1. The molecule has 172 valence electrons. The van der Waals surface area contributed by atoms with E-state index in [1.807, 2.05) is 12.1 Å². The van der Waals surface area contributed by atoms with Gasteiger partial charge in [-0.3, -0.25) is 9.59 Å². The highest BCUT2D eigenvalue weighted by molar-refractivity contribution is 7.89. The zero-order valence-corrected chi connectivity index (χ0v) is 19.5. The number of anilines is 1. The molecule has 2 aromatic rings. The number of hydrogen-bond acceptors (Lipinski definition) is 6. The van der Waals surface area contributed by atoms with E-state index in [1.54, 1.807) is 26.0 Å². The van der Waals surface area contributed by atoms with Crippen molar-refractivity contribution >= 4 is 27.6 Å². The van der Waals surface area contributed by atoms with Gasteiger partial charge in [-0.1, -0.05) is 12.1 Å². The lowest BCUT2D eigenvalue weighted by Gasteiger charge is -2.15. The van der Waals surface area contributed by atoms with Crippen LogP contribution in [0, 0.1) is 6.92 Å². The molecule has 0 heterocycles. The average molecular weight is 461 g/mol. The first-order valence-electron chi connectivity index (χ1n) is 10.3. The van der Waals surface area contributed by atoms with Gasteiger partial charge in [0.15, 0.2) is 6.61 Å². The number of nitrogens with one attached hydrogen (secondary N) is 1. The molecule has 0 unspecified atom stereocenters. The second-order valence-electron chi connectivity index (χ2n) is 7.93. The maximum absolute atomic E-state index is 12.3. The molecule has 1 aliphatic rings. The standard InChI is InChI=1S/C23H28N2O6S/c1-5-30-22(27)23(12-13-23)17-6-8-18(9-7-17)24-21(26)15-31-20-11-10-19(14-16(20)2)32(28,29)25(3)4/h6-11,14H,5,12-13,15H2,1-4H3,(H,24,26). The first-order valence-corrected chi connectivity index (χ1v) is 11.8. The van der Waals surface area contributed by atoms with Crippen LogP contribution in [-0.4, -0.2) is 51.9 Å². The summed E-state index contributed by atoms with van der Waals surface area (Å²) < 4.78 is 36.3. The molecule has 1 N–H and O–H groups in total. The predicted molar refractivity (Wildman–Crippen MR) is 120 cm³/mol. The molecule has 8 nitrogen and oxygen atoms in total. The monoisotopic (exact) mass is 460 g/mol. The minimum atomic E-state index is -3.54. The van der Waals surface area contributed by atoms with Crippen LogP contribution in [0.25, 0.3) is 0 Å². The highest BCUT2D eigenvalue weighted by Crippen LogP contribution is 2.49. The van der Waals surface area contributed by atoms with Gasteiger partial charge in [0.05, 0.1) is 16.9 Å². The molecule has 1 fully saturated rings. The number of aryl methyl sites for hydroxylation is 1. The van der Waals surface area contributed by atoms with Gasteiger partial charge in [-0.05, 0) is 68.1 Å². The second-order valence-corrected chi connectivity index (χ2v) is 10.1. The fourth-order valence-corrected chi connectivity index (χ4v) is 4.36. The maximum Gasteiger partial charge on any atom is 0.316 e. The molecule has 1 amide bonds. The Kier molecular flexibility index (Phi) is 6.90. The first-order chi connectivity index (χ1) is 15.1. The number of amides is 1. The van der Waals surface area contributed by atoms with Crippen LogP contribution in [-0.2, 0) is 29.8 Å². The van der Waals surface area contributed by atoms with Gasteiger partial charge in [-0.2, -0.15) is 0 Å². The highest BCUT2D eigenvalue weighted by Gasteiger charge is 2.52. The van der Waals surface area contributed by atoms with E-state index >= 15 is 0 Å². The lowest BCUT2D eigenvalue weighted by atomic mass is 9.96. The summed E-state index contributed by atoms with van der Waals surface area (Å²) in [4.78, 5) is 24.7. The molecule has 0 atom stereocenters. The lowest BCUT2D eigenvalue weighted by molar-refractivity contribution is -0.146. The normalized spacial score (nSPS) is 14.7. The molecule has 0 aromatic heterocycles. The van der Waals surface area contributed by atoms with Crippen molar-refractivity contribution in [3.05, 3.63) is 53.6 Å². The highest BCUT2D eigenvalue weighted by atomic mass is 32.2. The van der Waals surface area contributed by atoms with Crippen molar-refractivity contribution in [3.8, 4) is 5.75 Å². The molecule has 9 heteroatoms. The summed E-state index contributed by atoms with van der Waals surface area (Å²) in [6, 6.07) is 11.7. The molecule has 3 rings (SSSR count). The van der Waals surface area contributed by atoms with Crippen molar-refractivity contribution in [1.82, 2.24) is 4.31 Å². The summed E-state index contributed by atoms with van der Waals surface area (Å²) in [7, 11) is -0.606. The molecule has 1 aliphatic carbocycles. The Morgan fingerprint density at radius 3 is 2.28 bits per heavy atom. The van der Waals surface area contributed by atoms with Gasteiger partial charge >= 0.3 is 5.97 Å². The van der Waals surface area contributed by atoms with Crippen LogP contribution in [0.5, 0.6) is 5.75 Å². The number of nitrogens with zero attached hydrogens (tertiary/aromatic N) is 1. The zero-order valence-electron chi connectivity index (χ0n) is 18.7. The van der Waals surface area contributed by atoms with Crippen molar-refractivity contribution < 1.29 is 27.5 Å². The third kappa shape index (κ3) is 4.94. The first kappa shape index (κ1) is 23.7. The number of esters is 1. The van der Waals surface area contributed by atoms with Gasteiger partial charge in [-0.25, -0.2) is 12.7 Å². The Hall–Kier alpha value is -2.91. The molecule has 1 saturated carbocycles. The fraction of sp³-hybridized carbons (Fsp3) is 0.391. The minimum Gasteiger partial charge on any atom is -0.483 e. The van der Waals surface area contributed by atoms with Crippen LogP contribution in [0.15, 0.2) is 47.4 Å². The van der Waals surface area contributed by atoms with Crippen LogP contribution < -0.4 is 10.1 Å². The quantitative estimate of drug-likeness (QED) is 0.578. The van der Waals surface area contributed by atoms with E-state index in [1.165, 1.54) is 32.3 Å². The smallest absolute Gasteiger partial charge is 0.316 e. The van der Waals surface area contributed by atoms with Crippen molar-refractivity contribution in [3.63, 3.8) is 0 Å². The summed E-state index contributed by atoms with van der Waals surface area (Å²) >= 11 is 0. The molecule has 2 aromatic carbocycles. The molecule has 32 heavy (non-hydrogen) atoms. The number of carbonyl (C=O) groups is 2. The summed E-state index contributed by atoms with van der Waals surface area (Å²) in [6.07, 6.45) is 1.53. The van der Waals surface area contributed by atoms with E-state index in [2.05, 4.69) is 5.32 Å². The molecular formula is C23H28N2O6S. The van der Waals surface area contributed by atoms with Crippen molar-refractivity contribution in [2.75, 3.05) is 32.6 Å². The largest absolute Gasteiger partial charge is 0.483 e. The number of carbonyl (C=O) groups excluding carboxylic acids is 2. The number of benzene rings is 2. The van der Waals surface area contributed by atoms with Crippen LogP contribution in [0.3, 0.4) is 0 Å². The molecule has 0 radical (unpaired) electrons. The lowest BCUT2D eigenvalue weighted by Crippen LogP contribution is -2.23. The fourth-order valence-electron chi connectivity index (χ4n) is 3.37. The van der Waals surface area contributed by atoms with Gasteiger partial charge in [0.2, 0.25) is 10.0 Å². The zero-order chi connectivity index (χ0) is 23.5. The van der Waals surface area contributed by atoms with Gasteiger partial charge in [0.25, 0.3) is 5.91 Å². The van der Waals surface area contributed by atoms with Gasteiger partial charge in [-0.15, -0.1) is 0 Å². The van der Waals surface area contributed by atoms with Crippen LogP contribution in [0.2, 0.25) is 0 Å². The van der Waals surface area contributed by atoms with Crippen molar-refractivity contribution in [2.45, 2.75) is 37.0 Å². The Bertz CT molecular complexity index is 1110. The van der Waals surface area contributed by atoms with E-state index < -0.39 is 15.4 Å². The van der Waals surface area contributed by atoms with Crippen molar-refractivity contribution in [2.24, 2.45) is 0 Å². The van der Waals surface area contributed by atoms with E-state index in [9.17, 15) is 18.0 Å². The van der Waals surface area contributed by atoms with Gasteiger partial charge < -0.3 is 14.8 Å². The Balaban J connectivity index is 1.58. The minimum absolute atomic E-state index is 0.160. The van der Waals surface area contributed by atoms with Gasteiger partial charge in [0, 0.05) is 19.8 Å². The topological polar surface area (TPSA) is 102 Å². The van der Waals surface area contributed by atoms with Crippen molar-refractivity contribution in [1.29, 1.82) is 0 Å².